The molecule has 0 bridgehead atoms. The van der Waals surface area contributed by atoms with Crippen molar-refractivity contribution in [1.29, 1.82) is 0 Å². The van der Waals surface area contributed by atoms with Crippen molar-refractivity contribution < 1.29 is 9.53 Å². The zero-order valence-electron chi connectivity index (χ0n) is 19.6. The average molecular weight is 479 g/mol. The second kappa shape index (κ2) is 9.30. The summed E-state index contributed by atoms with van der Waals surface area (Å²) >= 11 is 6.24. The van der Waals surface area contributed by atoms with E-state index in [1.54, 1.807) is 22.9 Å². The van der Waals surface area contributed by atoms with Gasteiger partial charge in [-0.3, -0.25) is 4.79 Å². The Kier molecular flexibility index (Phi) is 6.43. The van der Waals surface area contributed by atoms with E-state index in [9.17, 15) is 4.79 Å². The van der Waals surface area contributed by atoms with Gasteiger partial charge in [-0.2, -0.15) is 5.10 Å². The number of benzene rings is 2. The quantitative estimate of drug-likeness (QED) is 0.402. The SMILES string of the molecule is CCOc1ccc(C(=O)NCC(C)(C)n2nc(-c3ccc(C)cc3)c3c(N)ncnc32)cc1Cl. The van der Waals surface area contributed by atoms with E-state index in [1.165, 1.54) is 6.33 Å². The molecule has 0 radical (unpaired) electrons. The van der Waals surface area contributed by atoms with Crippen molar-refractivity contribution in [3.63, 3.8) is 0 Å². The molecular formula is C25H27ClN6O2. The number of hydrogen-bond acceptors (Lipinski definition) is 6. The van der Waals surface area contributed by atoms with Gasteiger partial charge < -0.3 is 15.8 Å². The number of aromatic nitrogens is 4. The van der Waals surface area contributed by atoms with Crippen molar-refractivity contribution in [3.8, 4) is 17.0 Å². The molecule has 0 saturated carbocycles. The molecule has 176 valence electrons. The molecule has 0 aliphatic carbocycles. The monoisotopic (exact) mass is 478 g/mol. The van der Waals surface area contributed by atoms with E-state index in [-0.39, 0.29) is 5.91 Å². The molecule has 4 rings (SSSR count). The van der Waals surface area contributed by atoms with E-state index < -0.39 is 5.54 Å². The highest BCUT2D eigenvalue weighted by Crippen LogP contribution is 2.33. The fourth-order valence-corrected chi connectivity index (χ4v) is 3.93. The van der Waals surface area contributed by atoms with Crippen molar-refractivity contribution >= 4 is 34.4 Å². The second-order valence-electron chi connectivity index (χ2n) is 8.66. The summed E-state index contributed by atoms with van der Waals surface area (Å²) in [7, 11) is 0. The van der Waals surface area contributed by atoms with Crippen LogP contribution in [-0.4, -0.2) is 38.8 Å². The molecule has 4 aromatic rings. The van der Waals surface area contributed by atoms with Crippen LogP contribution < -0.4 is 15.8 Å². The fraction of sp³-hybridized carbons (Fsp3) is 0.280. The standard InChI is InChI=1S/C25H27ClN6O2/c1-5-34-19-11-10-17(12-18(19)26)24(33)28-13-25(3,4)32-23-20(22(27)29-14-30-23)21(31-32)16-8-6-15(2)7-9-16/h6-12,14H,5,13H2,1-4H3,(H,28,33)(H2,27,29,30). The maximum Gasteiger partial charge on any atom is 0.251 e. The highest BCUT2D eigenvalue weighted by atomic mass is 35.5. The van der Waals surface area contributed by atoms with Crippen molar-refractivity contribution in [2.24, 2.45) is 0 Å². The number of carbonyl (C=O) groups is 1. The lowest BCUT2D eigenvalue weighted by Crippen LogP contribution is -2.41. The number of nitrogens with two attached hydrogens (primary N) is 1. The van der Waals surface area contributed by atoms with Gasteiger partial charge in [0.25, 0.3) is 5.91 Å². The van der Waals surface area contributed by atoms with Gasteiger partial charge in [0.1, 0.15) is 23.6 Å². The van der Waals surface area contributed by atoms with Gasteiger partial charge in [0, 0.05) is 17.7 Å². The normalized spacial score (nSPS) is 11.6. The number of ether oxygens (including phenoxy) is 1. The van der Waals surface area contributed by atoms with Gasteiger partial charge in [-0.15, -0.1) is 0 Å². The summed E-state index contributed by atoms with van der Waals surface area (Å²) in [5.74, 6) is 0.656. The topological polar surface area (TPSA) is 108 Å². The molecule has 2 heterocycles. The van der Waals surface area contributed by atoms with Gasteiger partial charge in [-0.1, -0.05) is 41.4 Å². The minimum Gasteiger partial charge on any atom is -0.492 e. The first-order valence-electron chi connectivity index (χ1n) is 11.0. The molecule has 2 aromatic carbocycles. The molecule has 0 saturated heterocycles. The third kappa shape index (κ3) is 4.54. The van der Waals surface area contributed by atoms with Crippen molar-refractivity contribution in [2.45, 2.75) is 33.2 Å². The van der Waals surface area contributed by atoms with Crippen LogP contribution in [-0.2, 0) is 5.54 Å². The lowest BCUT2D eigenvalue weighted by molar-refractivity contribution is 0.0936. The first kappa shape index (κ1) is 23.5. The summed E-state index contributed by atoms with van der Waals surface area (Å²) in [5.41, 5.74) is 9.42. The summed E-state index contributed by atoms with van der Waals surface area (Å²) < 4.78 is 7.23. The van der Waals surface area contributed by atoms with Gasteiger partial charge in [-0.25, -0.2) is 14.6 Å². The van der Waals surface area contributed by atoms with Crippen LogP contribution >= 0.6 is 11.6 Å². The van der Waals surface area contributed by atoms with Crippen molar-refractivity contribution in [2.75, 3.05) is 18.9 Å². The van der Waals surface area contributed by atoms with Crippen LogP contribution in [0.4, 0.5) is 5.82 Å². The zero-order chi connectivity index (χ0) is 24.5. The van der Waals surface area contributed by atoms with Crippen LogP contribution in [0.3, 0.4) is 0 Å². The first-order chi connectivity index (χ1) is 16.2. The summed E-state index contributed by atoms with van der Waals surface area (Å²) in [6, 6.07) is 13.0. The highest BCUT2D eigenvalue weighted by Gasteiger charge is 2.28. The number of anilines is 1. The number of aryl methyl sites for hydroxylation is 1. The molecule has 34 heavy (non-hydrogen) atoms. The van der Waals surface area contributed by atoms with Gasteiger partial charge in [0.2, 0.25) is 0 Å². The van der Waals surface area contributed by atoms with Crippen LogP contribution in [0.25, 0.3) is 22.3 Å². The Hall–Kier alpha value is -3.65. The molecule has 0 atom stereocenters. The number of rotatable bonds is 7. The van der Waals surface area contributed by atoms with E-state index in [1.807, 2.05) is 52.0 Å². The largest absolute Gasteiger partial charge is 0.492 e. The van der Waals surface area contributed by atoms with E-state index in [2.05, 4.69) is 15.3 Å². The summed E-state index contributed by atoms with van der Waals surface area (Å²) in [6.45, 7) is 8.65. The molecule has 0 aliphatic heterocycles. The number of hydrogen-bond donors (Lipinski definition) is 2. The number of nitrogen functional groups attached to an aromatic ring is 1. The molecule has 9 heteroatoms. The first-order valence-corrected chi connectivity index (χ1v) is 11.4. The van der Waals surface area contributed by atoms with Crippen molar-refractivity contribution in [3.05, 3.63) is 64.9 Å². The van der Waals surface area contributed by atoms with E-state index in [0.29, 0.717) is 52.0 Å². The van der Waals surface area contributed by atoms with E-state index in [0.717, 1.165) is 11.1 Å². The minimum atomic E-state index is -0.618. The molecule has 0 spiro atoms. The number of amides is 1. The number of nitrogens with zero attached hydrogens (tertiary/aromatic N) is 4. The molecule has 3 N–H and O–H groups in total. The Morgan fingerprint density at radius 1 is 1.18 bits per heavy atom. The Labute approximate surface area is 203 Å². The molecule has 8 nitrogen and oxygen atoms in total. The maximum atomic E-state index is 12.8. The summed E-state index contributed by atoms with van der Waals surface area (Å²) in [4.78, 5) is 21.5. The summed E-state index contributed by atoms with van der Waals surface area (Å²) in [5, 5.41) is 8.92. The number of halogens is 1. The smallest absolute Gasteiger partial charge is 0.251 e. The third-order valence-electron chi connectivity index (χ3n) is 5.57. The summed E-state index contributed by atoms with van der Waals surface area (Å²) in [6.07, 6.45) is 1.42. The Morgan fingerprint density at radius 3 is 2.59 bits per heavy atom. The maximum absolute atomic E-state index is 12.8. The Bertz CT molecular complexity index is 1350. The highest BCUT2D eigenvalue weighted by molar-refractivity contribution is 6.32. The van der Waals surface area contributed by atoms with Crippen LogP contribution in [0.15, 0.2) is 48.8 Å². The number of carbonyl (C=O) groups excluding carboxylic acids is 1. The van der Waals surface area contributed by atoms with Crippen LogP contribution in [0.1, 0.15) is 36.7 Å². The lowest BCUT2D eigenvalue weighted by atomic mass is 10.1. The second-order valence-corrected chi connectivity index (χ2v) is 9.06. The zero-order valence-corrected chi connectivity index (χ0v) is 20.3. The van der Waals surface area contributed by atoms with Crippen LogP contribution in [0.2, 0.25) is 5.02 Å². The minimum absolute atomic E-state index is 0.248. The number of nitrogens with one attached hydrogen (secondary N) is 1. The van der Waals surface area contributed by atoms with Gasteiger partial charge in [-0.05, 0) is 45.9 Å². The van der Waals surface area contributed by atoms with E-state index >= 15 is 0 Å². The average Bonchev–Trinajstić information content (AvgIpc) is 3.21. The predicted molar refractivity (Wildman–Crippen MR) is 134 cm³/mol. The van der Waals surface area contributed by atoms with Crippen LogP contribution in [0.5, 0.6) is 5.75 Å². The number of fused-ring (bicyclic) bond motifs is 1. The third-order valence-corrected chi connectivity index (χ3v) is 5.86. The van der Waals surface area contributed by atoms with Gasteiger partial charge in [0.05, 0.1) is 22.6 Å². The molecular weight excluding hydrogens is 452 g/mol. The molecule has 0 fully saturated rings. The van der Waals surface area contributed by atoms with Gasteiger partial charge in [0.15, 0.2) is 5.65 Å². The van der Waals surface area contributed by atoms with Crippen molar-refractivity contribution in [1.82, 2.24) is 25.1 Å². The molecule has 2 aromatic heterocycles. The van der Waals surface area contributed by atoms with Gasteiger partial charge >= 0.3 is 0 Å². The molecule has 0 unspecified atom stereocenters. The molecule has 1 amide bonds. The van der Waals surface area contributed by atoms with E-state index in [4.69, 9.17) is 27.2 Å². The molecule has 0 aliphatic rings. The fourth-order valence-electron chi connectivity index (χ4n) is 3.70. The lowest BCUT2D eigenvalue weighted by Gasteiger charge is -2.26. The van der Waals surface area contributed by atoms with Crippen LogP contribution in [0, 0.1) is 6.92 Å². The Morgan fingerprint density at radius 2 is 1.91 bits per heavy atom. The predicted octanol–water partition coefficient (Wildman–Crippen LogP) is 4.60. The Balaban J connectivity index is 1.63.